The van der Waals surface area contributed by atoms with Crippen molar-refractivity contribution in [3.8, 4) is 0 Å². The summed E-state index contributed by atoms with van der Waals surface area (Å²) in [4.78, 5) is 29.4. The Morgan fingerprint density at radius 2 is 1.69 bits per heavy atom. The third-order valence-corrected chi connectivity index (χ3v) is 6.14. The van der Waals surface area contributed by atoms with Crippen LogP contribution in [0, 0.1) is 0 Å². The quantitative estimate of drug-likeness (QED) is 0.684. The molecule has 2 aromatic rings. The van der Waals surface area contributed by atoms with Gasteiger partial charge in [0.05, 0.1) is 11.4 Å². The van der Waals surface area contributed by atoms with Crippen molar-refractivity contribution in [2.24, 2.45) is 5.73 Å². The number of hydrogen-bond acceptors (Lipinski definition) is 5. The van der Waals surface area contributed by atoms with Crippen LogP contribution in [0.1, 0.15) is 24.2 Å². The molecule has 0 aliphatic carbocycles. The van der Waals surface area contributed by atoms with E-state index in [2.05, 4.69) is 29.0 Å². The number of nitrogens with one attached hydrogen (secondary N) is 1. The second-order valence-electron chi connectivity index (χ2n) is 7.37. The average molecular weight is 413 g/mol. The molecule has 29 heavy (non-hydrogen) atoms. The number of piperazine rings is 1. The summed E-state index contributed by atoms with van der Waals surface area (Å²) in [5, 5.41) is 2.94. The van der Waals surface area contributed by atoms with Crippen molar-refractivity contribution in [2.45, 2.75) is 24.8 Å². The lowest BCUT2D eigenvalue weighted by molar-refractivity contribution is -0.115. The molecular weight excluding hydrogens is 384 g/mol. The zero-order valence-electron chi connectivity index (χ0n) is 16.9. The summed E-state index contributed by atoms with van der Waals surface area (Å²) < 4.78 is 0. The number of primary amides is 1. The number of carbonyl (C=O) groups is 2. The molecule has 0 unspecified atom stereocenters. The van der Waals surface area contributed by atoms with Crippen LogP contribution >= 0.6 is 11.8 Å². The van der Waals surface area contributed by atoms with Gasteiger partial charge in [0.15, 0.2) is 0 Å². The van der Waals surface area contributed by atoms with Crippen LogP contribution in [-0.2, 0) is 4.79 Å². The molecular formula is C22H28N4O2S. The lowest BCUT2D eigenvalue weighted by Gasteiger charge is -2.38. The zero-order chi connectivity index (χ0) is 20.8. The number of nitrogens with zero attached hydrogens (tertiary/aromatic N) is 2. The van der Waals surface area contributed by atoms with E-state index < -0.39 is 0 Å². The van der Waals surface area contributed by atoms with Gasteiger partial charge in [-0.25, -0.2) is 0 Å². The van der Waals surface area contributed by atoms with Gasteiger partial charge in [-0.1, -0.05) is 12.1 Å². The van der Waals surface area contributed by atoms with Crippen molar-refractivity contribution < 1.29 is 9.59 Å². The summed E-state index contributed by atoms with van der Waals surface area (Å²) in [6, 6.07) is 15.7. The summed E-state index contributed by atoms with van der Waals surface area (Å²) >= 11 is 1.32. The monoisotopic (exact) mass is 412 g/mol. The molecule has 3 N–H and O–H groups in total. The average Bonchev–Trinajstić information content (AvgIpc) is 2.73. The molecule has 0 atom stereocenters. The second kappa shape index (κ2) is 9.80. The molecule has 7 heteroatoms. The lowest BCUT2D eigenvalue weighted by atomic mass is 10.1. The number of carbonyl (C=O) groups excluding carboxylic acids is 2. The Morgan fingerprint density at radius 3 is 2.31 bits per heavy atom. The summed E-state index contributed by atoms with van der Waals surface area (Å²) in [6.45, 7) is 8.56. The highest BCUT2D eigenvalue weighted by molar-refractivity contribution is 8.00. The molecule has 0 spiro atoms. The van der Waals surface area contributed by atoms with E-state index in [-0.39, 0.29) is 17.6 Å². The number of benzene rings is 2. The predicted molar refractivity (Wildman–Crippen MR) is 120 cm³/mol. The van der Waals surface area contributed by atoms with E-state index in [4.69, 9.17) is 5.73 Å². The van der Waals surface area contributed by atoms with Gasteiger partial charge < -0.3 is 16.0 Å². The minimum atomic E-state index is -0.388. The Kier molecular flexibility index (Phi) is 7.17. The van der Waals surface area contributed by atoms with Gasteiger partial charge in [0.2, 0.25) is 5.91 Å². The van der Waals surface area contributed by atoms with Crippen LogP contribution < -0.4 is 16.0 Å². The normalized spacial score (nSPS) is 14.8. The maximum Gasteiger partial charge on any atom is 0.255 e. The molecule has 1 fully saturated rings. The molecule has 1 saturated heterocycles. The van der Waals surface area contributed by atoms with Crippen molar-refractivity contribution in [1.82, 2.24) is 4.90 Å². The van der Waals surface area contributed by atoms with Gasteiger partial charge in [0.1, 0.15) is 0 Å². The third-order valence-electron chi connectivity index (χ3n) is 5.04. The number of nitrogens with two attached hydrogens (primary N) is 1. The van der Waals surface area contributed by atoms with Crippen LogP contribution in [0.25, 0.3) is 0 Å². The van der Waals surface area contributed by atoms with Crippen LogP contribution in [-0.4, -0.2) is 54.7 Å². The highest BCUT2D eigenvalue weighted by Crippen LogP contribution is 2.27. The largest absolute Gasteiger partial charge is 0.369 e. The van der Waals surface area contributed by atoms with Crippen LogP contribution in [0.3, 0.4) is 0 Å². The highest BCUT2D eigenvalue weighted by Gasteiger charge is 2.19. The lowest BCUT2D eigenvalue weighted by Crippen LogP contribution is -2.48. The first-order valence-corrected chi connectivity index (χ1v) is 10.8. The molecule has 0 radical (unpaired) electrons. The Bertz CT molecular complexity index is 846. The molecule has 0 saturated carbocycles. The van der Waals surface area contributed by atoms with E-state index >= 15 is 0 Å². The SMILES string of the molecule is CC(C)N1CCN(c2ccc(C(=O)Nc3ccccc3SCC(N)=O)cc2)CC1. The molecule has 1 aliphatic heterocycles. The van der Waals surface area contributed by atoms with E-state index in [1.165, 1.54) is 11.8 Å². The second-order valence-corrected chi connectivity index (χ2v) is 8.39. The van der Waals surface area contributed by atoms with Crippen molar-refractivity contribution >= 4 is 35.0 Å². The molecule has 154 valence electrons. The fraction of sp³-hybridized carbons (Fsp3) is 0.364. The first-order valence-electron chi connectivity index (χ1n) is 9.84. The van der Waals surface area contributed by atoms with Gasteiger partial charge in [0.25, 0.3) is 5.91 Å². The van der Waals surface area contributed by atoms with Crippen molar-refractivity contribution in [3.63, 3.8) is 0 Å². The number of thioether (sulfide) groups is 1. The topological polar surface area (TPSA) is 78.7 Å². The van der Waals surface area contributed by atoms with Gasteiger partial charge in [-0.05, 0) is 50.2 Å². The smallest absolute Gasteiger partial charge is 0.255 e. The molecule has 0 bridgehead atoms. The summed E-state index contributed by atoms with van der Waals surface area (Å²) in [7, 11) is 0. The molecule has 3 rings (SSSR count). The molecule has 2 amide bonds. The van der Waals surface area contributed by atoms with E-state index in [0.29, 0.717) is 17.3 Å². The van der Waals surface area contributed by atoms with Gasteiger partial charge in [-0.15, -0.1) is 11.8 Å². The summed E-state index contributed by atoms with van der Waals surface area (Å²) in [5.74, 6) is -0.389. The van der Waals surface area contributed by atoms with Crippen LogP contribution in [0.2, 0.25) is 0 Å². The van der Waals surface area contributed by atoms with E-state index in [0.717, 1.165) is 36.8 Å². The first kappa shape index (κ1) is 21.2. The molecule has 6 nitrogen and oxygen atoms in total. The number of hydrogen-bond donors (Lipinski definition) is 2. The standard InChI is InChI=1S/C22H28N4O2S/c1-16(2)25-11-13-26(14-12-25)18-9-7-17(8-10-18)22(28)24-19-5-3-4-6-20(19)29-15-21(23)27/h3-10,16H,11-15H2,1-2H3,(H2,23,27)(H,24,28). The van der Waals surface area contributed by atoms with Gasteiger partial charge in [0, 0.05) is 48.4 Å². The Morgan fingerprint density at radius 1 is 1.03 bits per heavy atom. The van der Waals surface area contributed by atoms with E-state index in [1.807, 2.05) is 48.5 Å². The van der Waals surface area contributed by atoms with Gasteiger partial charge >= 0.3 is 0 Å². The van der Waals surface area contributed by atoms with Gasteiger partial charge in [-0.3, -0.25) is 14.5 Å². The van der Waals surface area contributed by atoms with Gasteiger partial charge in [-0.2, -0.15) is 0 Å². The van der Waals surface area contributed by atoms with Crippen LogP contribution in [0.4, 0.5) is 11.4 Å². The maximum absolute atomic E-state index is 12.7. The fourth-order valence-electron chi connectivity index (χ4n) is 3.36. The number of anilines is 2. The van der Waals surface area contributed by atoms with Crippen molar-refractivity contribution in [3.05, 3.63) is 54.1 Å². The fourth-order valence-corrected chi connectivity index (χ4v) is 4.11. The van der Waals surface area contributed by atoms with Crippen molar-refractivity contribution in [1.29, 1.82) is 0 Å². The van der Waals surface area contributed by atoms with Crippen LogP contribution in [0.15, 0.2) is 53.4 Å². The molecule has 1 aliphatic rings. The zero-order valence-corrected chi connectivity index (χ0v) is 17.7. The van der Waals surface area contributed by atoms with Crippen LogP contribution in [0.5, 0.6) is 0 Å². The minimum Gasteiger partial charge on any atom is -0.369 e. The van der Waals surface area contributed by atoms with E-state index in [1.54, 1.807) is 0 Å². The first-order chi connectivity index (χ1) is 13.9. The highest BCUT2D eigenvalue weighted by atomic mass is 32.2. The third kappa shape index (κ3) is 5.74. The Balaban J connectivity index is 1.62. The Hall–Kier alpha value is -2.51. The number of amides is 2. The van der Waals surface area contributed by atoms with Crippen molar-refractivity contribution in [2.75, 3.05) is 42.1 Å². The molecule has 0 aromatic heterocycles. The molecule has 2 aromatic carbocycles. The molecule has 1 heterocycles. The number of rotatable bonds is 7. The predicted octanol–water partition coefficient (Wildman–Crippen LogP) is 3.05. The number of para-hydroxylation sites is 1. The van der Waals surface area contributed by atoms with E-state index in [9.17, 15) is 9.59 Å². The maximum atomic E-state index is 12.7. The Labute approximate surface area is 176 Å². The summed E-state index contributed by atoms with van der Waals surface area (Å²) in [5.41, 5.74) is 7.65. The minimum absolute atomic E-state index is 0.172. The summed E-state index contributed by atoms with van der Waals surface area (Å²) in [6.07, 6.45) is 0.